The molecule has 1 saturated heterocycles. The zero-order chi connectivity index (χ0) is 12.1. The van der Waals surface area contributed by atoms with Gasteiger partial charge in [0.1, 0.15) is 5.66 Å². The topological polar surface area (TPSA) is 53.1 Å². The molecule has 0 unspecified atom stereocenters. The molecule has 1 heterocycles. The first-order valence-electron chi connectivity index (χ1n) is 6.78. The molecule has 0 aromatic carbocycles. The summed E-state index contributed by atoms with van der Waals surface area (Å²) in [6.45, 7) is 9.85. The molecule has 0 radical (unpaired) electrons. The SMILES string of the molecule is CCC[Si](CCC)(CCC)OCC1(C)NN1. The van der Waals surface area contributed by atoms with Crippen molar-refractivity contribution in [2.75, 3.05) is 6.61 Å². The Hall–Kier alpha value is 0.0969. The summed E-state index contributed by atoms with van der Waals surface area (Å²) in [5.74, 6) is 0. The van der Waals surface area contributed by atoms with Crippen molar-refractivity contribution in [2.24, 2.45) is 0 Å². The molecule has 1 aliphatic heterocycles. The van der Waals surface area contributed by atoms with Crippen LogP contribution in [0.2, 0.25) is 18.1 Å². The van der Waals surface area contributed by atoms with Crippen LogP contribution in [-0.4, -0.2) is 20.6 Å². The van der Waals surface area contributed by atoms with Gasteiger partial charge >= 0.3 is 0 Å². The van der Waals surface area contributed by atoms with Gasteiger partial charge in [0.15, 0.2) is 8.32 Å². The molecule has 1 rings (SSSR count). The van der Waals surface area contributed by atoms with Crippen LogP contribution < -0.4 is 10.9 Å². The quantitative estimate of drug-likeness (QED) is 0.484. The Morgan fingerprint density at radius 1 is 0.938 bits per heavy atom. The maximum Gasteiger partial charge on any atom is 0.192 e. The molecule has 96 valence electrons. The Morgan fingerprint density at radius 3 is 1.69 bits per heavy atom. The molecule has 3 nitrogen and oxygen atoms in total. The van der Waals surface area contributed by atoms with Crippen molar-refractivity contribution in [3.05, 3.63) is 0 Å². The van der Waals surface area contributed by atoms with Gasteiger partial charge in [-0.2, -0.15) is 0 Å². The Kier molecular flexibility index (Phi) is 5.44. The van der Waals surface area contributed by atoms with Crippen LogP contribution in [0.5, 0.6) is 0 Å². The molecule has 0 spiro atoms. The number of rotatable bonds is 9. The first-order valence-corrected chi connectivity index (χ1v) is 9.31. The first kappa shape index (κ1) is 14.2. The van der Waals surface area contributed by atoms with E-state index in [4.69, 9.17) is 4.43 Å². The van der Waals surface area contributed by atoms with Crippen LogP contribution >= 0.6 is 0 Å². The second kappa shape index (κ2) is 6.14. The molecule has 0 aromatic rings. The minimum absolute atomic E-state index is 0.0630. The van der Waals surface area contributed by atoms with Crippen LogP contribution in [0, 0.1) is 0 Å². The third kappa shape index (κ3) is 4.16. The van der Waals surface area contributed by atoms with E-state index in [1.807, 2.05) is 0 Å². The Balaban J connectivity index is 2.50. The molecule has 1 aliphatic rings. The summed E-state index contributed by atoms with van der Waals surface area (Å²) in [5.41, 5.74) is 6.38. The fourth-order valence-corrected chi connectivity index (χ4v) is 6.95. The van der Waals surface area contributed by atoms with E-state index in [2.05, 4.69) is 38.5 Å². The van der Waals surface area contributed by atoms with Gasteiger partial charge in [-0.3, -0.25) is 0 Å². The molecule has 0 amide bonds. The maximum absolute atomic E-state index is 6.39. The van der Waals surface area contributed by atoms with Crippen molar-refractivity contribution in [1.82, 2.24) is 10.9 Å². The lowest BCUT2D eigenvalue weighted by Gasteiger charge is -2.31. The minimum Gasteiger partial charge on any atom is -0.413 e. The normalized spacial score (nSPS) is 18.8. The molecule has 4 heteroatoms. The predicted molar refractivity (Wildman–Crippen MR) is 71.7 cm³/mol. The molecule has 1 fully saturated rings. The molecule has 0 bridgehead atoms. The highest BCUT2D eigenvalue weighted by Crippen LogP contribution is 2.28. The summed E-state index contributed by atoms with van der Waals surface area (Å²) in [7, 11) is -1.45. The number of hydrogen-bond acceptors (Lipinski definition) is 3. The van der Waals surface area contributed by atoms with Gasteiger partial charge in [-0.05, 0) is 25.1 Å². The summed E-state index contributed by atoms with van der Waals surface area (Å²) in [6.07, 6.45) is 3.80. The third-order valence-corrected chi connectivity index (χ3v) is 8.33. The highest BCUT2D eigenvalue weighted by molar-refractivity contribution is 6.73. The zero-order valence-corrected chi connectivity index (χ0v) is 12.4. The maximum atomic E-state index is 6.39. The van der Waals surface area contributed by atoms with E-state index in [-0.39, 0.29) is 5.66 Å². The molecule has 0 atom stereocenters. The molecule has 16 heavy (non-hydrogen) atoms. The third-order valence-electron chi connectivity index (χ3n) is 3.34. The van der Waals surface area contributed by atoms with E-state index in [1.54, 1.807) is 0 Å². The average molecular weight is 244 g/mol. The van der Waals surface area contributed by atoms with Crippen molar-refractivity contribution in [3.63, 3.8) is 0 Å². The fourth-order valence-electron chi connectivity index (χ4n) is 2.43. The summed E-state index contributed by atoms with van der Waals surface area (Å²) in [6, 6.07) is 3.97. The molecule has 0 aromatic heterocycles. The van der Waals surface area contributed by atoms with Gasteiger partial charge in [0, 0.05) is 0 Å². The minimum atomic E-state index is -1.45. The Bertz CT molecular complexity index is 190. The Labute approximate surface area is 101 Å². The van der Waals surface area contributed by atoms with E-state index >= 15 is 0 Å². The summed E-state index contributed by atoms with van der Waals surface area (Å²) in [5, 5.41) is 0. The highest BCUT2D eigenvalue weighted by atomic mass is 28.4. The van der Waals surface area contributed by atoms with E-state index in [0.717, 1.165) is 6.61 Å². The van der Waals surface area contributed by atoms with E-state index in [1.165, 1.54) is 37.4 Å². The van der Waals surface area contributed by atoms with Gasteiger partial charge < -0.3 is 4.43 Å². The Morgan fingerprint density at radius 2 is 1.38 bits per heavy atom. The molecular weight excluding hydrogens is 216 g/mol. The average Bonchev–Trinajstić information content (AvgIpc) is 2.96. The monoisotopic (exact) mass is 244 g/mol. The second-order valence-electron chi connectivity index (χ2n) is 5.30. The largest absolute Gasteiger partial charge is 0.413 e. The number of nitrogens with one attached hydrogen (secondary N) is 2. The summed E-state index contributed by atoms with van der Waals surface area (Å²) < 4.78 is 6.39. The fraction of sp³-hybridized carbons (Fsp3) is 1.00. The lowest BCUT2D eigenvalue weighted by molar-refractivity contribution is 0.258. The summed E-state index contributed by atoms with van der Waals surface area (Å²) in [4.78, 5) is 0. The van der Waals surface area contributed by atoms with Crippen LogP contribution in [0.15, 0.2) is 0 Å². The molecule has 0 saturated carbocycles. The van der Waals surface area contributed by atoms with Crippen molar-refractivity contribution in [3.8, 4) is 0 Å². The van der Waals surface area contributed by atoms with E-state index in [0.29, 0.717) is 0 Å². The predicted octanol–water partition coefficient (Wildman–Crippen LogP) is 3.00. The van der Waals surface area contributed by atoms with Crippen LogP contribution in [0.3, 0.4) is 0 Å². The number of hydrogen-bond donors (Lipinski definition) is 2. The van der Waals surface area contributed by atoms with Crippen molar-refractivity contribution >= 4 is 8.32 Å². The lowest BCUT2D eigenvalue weighted by atomic mass is 10.3. The van der Waals surface area contributed by atoms with Crippen LogP contribution in [0.1, 0.15) is 47.0 Å². The van der Waals surface area contributed by atoms with Crippen LogP contribution in [0.4, 0.5) is 0 Å². The van der Waals surface area contributed by atoms with Gasteiger partial charge in [0.25, 0.3) is 0 Å². The molecule has 0 aliphatic carbocycles. The molecular formula is C12H28N2OSi. The van der Waals surface area contributed by atoms with Gasteiger partial charge in [0.2, 0.25) is 0 Å². The number of hydrazine groups is 1. The second-order valence-corrected chi connectivity index (χ2v) is 9.46. The standard InChI is InChI=1S/C12H28N2OSi/c1-5-8-16(9-6-2,10-7-3)15-11-12(4)13-14-12/h13-14H,5-11H2,1-4H3. The van der Waals surface area contributed by atoms with E-state index < -0.39 is 8.32 Å². The van der Waals surface area contributed by atoms with Gasteiger partial charge in [0.05, 0.1) is 6.61 Å². The van der Waals surface area contributed by atoms with Crippen molar-refractivity contribution < 1.29 is 4.43 Å². The van der Waals surface area contributed by atoms with Crippen LogP contribution in [-0.2, 0) is 4.43 Å². The summed E-state index contributed by atoms with van der Waals surface area (Å²) >= 11 is 0. The van der Waals surface area contributed by atoms with E-state index in [9.17, 15) is 0 Å². The lowest BCUT2D eigenvalue weighted by Crippen LogP contribution is -2.41. The highest BCUT2D eigenvalue weighted by Gasteiger charge is 2.40. The first-order chi connectivity index (χ1) is 7.60. The van der Waals surface area contributed by atoms with Crippen molar-refractivity contribution in [2.45, 2.75) is 70.8 Å². The van der Waals surface area contributed by atoms with Gasteiger partial charge in [-0.15, -0.1) is 0 Å². The van der Waals surface area contributed by atoms with Gasteiger partial charge in [-0.1, -0.05) is 40.0 Å². The molecule has 2 N–H and O–H groups in total. The zero-order valence-electron chi connectivity index (χ0n) is 11.4. The smallest absolute Gasteiger partial charge is 0.192 e. The van der Waals surface area contributed by atoms with Gasteiger partial charge in [-0.25, -0.2) is 10.9 Å². The van der Waals surface area contributed by atoms with Crippen molar-refractivity contribution in [1.29, 1.82) is 0 Å². The van der Waals surface area contributed by atoms with Crippen LogP contribution in [0.25, 0.3) is 0 Å².